The third-order valence-electron chi connectivity index (χ3n) is 1.71. The van der Waals surface area contributed by atoms with Gasteiger partial charge in [0, 0.05) is 0 Å². The zero-order valence-corrected chi connectivity index (χ0v) is 9.94. The summed E-state index contributed by atoms with van der Waals surface area (Å²) in [6.45, 7) is 0. The van der Waals surface area contributed by atoms with Crippen LogP contribution >= 0.6 is 33.9 Å². The molecule has 15 heavy (non-hydrogen) atoms. The van der Waals surface area contributed by atoms with Crippen LogP contribution in [-0.4, -0.2) is 32.1 Å². The van der Waals surface area contributed by atoms with Gasteiger partial charge in [0.2, 0.25) is 0 Å². The Morgan fingerprint density at radius 3 is 2.67 bits per heavy atom. The first-order valence-electron chi connectivity index (χ1n) is 3.65. The predicted octanol–water partition coefficient (Wildman–Crippen LogP) is 1.93. The van der Waals surface area contributed by atoms with Crippen LogP contribution in [0.3, 0.4) is 0 Å². The Labute approximate surface area is 100 Å². The fourth-order valence-electron chi connectivity index (χ4n) is 1.12. The summed E-state index contributed by atoms with van der Waals surface area (Å²) in [5.74, 6) is -1.07. The summed E-state index contributed by atoms with van der Waals surface area (Å²) in [7, 11) is 0. The summed E-state index contributed by atoms with van der Waals surface area (Å²) >= 11 is 2.89. The van der Waals surface area contributed by atoms with E-state index >= 15 is 0 Å². The van der Waals surface area contributed by atoms with E-state index in [0.29, 0.717) is 13.9 Å². The molecule has 0 saturated carbocycles. The quantitative estimate of drug-likeness (QED) is 0.775. The largest absolute Gasteiger partial charge is 0.477 e. The third-order valence-corrected chi connectivity index (χ3v) is 3.95. The van der Waals surface area contributed by atoms with Gasteiger partial charge in [0.05, 0.1) is 10.2 Å². The molecule has 0 unspecified atom stereocenters. The Hall–Kier alpha value is -1.16. The summed E-state index contributed by atoms with van der Waals surface area (Å²) in [6, 6.07) is 1.31. The minimum absolute atomic E-state index is 0.107. The van der Waals surface area contributed by atoms with Gasteiger partial charge in [-0.05, 0) is 28.7 Å². The standard InChI is InChI=1S/C7H3IN2O4S/c8-5-4-2(10(9-5)7(13)14)1-3(15-4)6(11)12/h1H,(H,11,12)(H,13,14). The second-order valence-electron chi connectivity index (χ2n) is 2.62. The predicted molar refractivity (Wildman–Crippen MR) is 60.7 cm³/mol. The Morgan fingerprint density at radius 1 is 1.47 bits per heavy atom. The van der Waals surface area contributed by atoms with Crippen molar-refractivity contribution in [2.45, 2.75) is 0 Å². The van der Waals surface area contributed by atoms with E-state index in [2.05, 4.69) is 5.10 Å². The van der Waals surface area contributed by atoms with E-state index in [1.165, 1.54) is 6.07 Å². The van der Waals surface area contributed by atoms with Crippen LogP contribution in [0.2, 0.25) is 0 Å². The third kappa shape index (κ3) is 1.59. The molecule has 2 aromatic rings. The lowest BCUT2D eigenvalue weighted by atomic mass is 10.4. The molecule has 0 aromatic carbocycles. The molecule has 2 rings (SSSR count). The number of hydrogen-bond donors (Lipinski definition) is 2. The number of rotatable bonds is 1. The van der Waals surface area contributed by atoms with E-state index in [0.717, 1.165) is 16.0 Å². The van der Waals surface area contributed by atoms with Crippen LogP contribution in [0.1, 0.15) is 9.67 Å². The molecular formula is C7H3IN2O4S. The number of aromatic carboxylic acids is 1. The van der Waals surface area contributed by atoms with Crippen molar-refractivity contribution in [3.8, 4) is 0 Å². The van der Waals surface area contributed by atoms with Crippen molar-refractivity contribution in [3.63, 3.8) is 0 Å². The number of carbonyl (C=O) groups is 2. The van der Waals surface area contributed by atoms with Crippen molar-refractivity contribution in [1.29, 1.82) is 0 Å². The molecular weight excluding hydrogens is 335 g/mol. The Balaban J connectivity index is 2.75. The van der Waals surface area contributed by atoms with E-state index in [4.69, 9.17) is 10.2 Å². The fraction of sp³-hybridized carbons (Fsp3) is 0. The molecule has 0 aliphatic carbocycles. The summed E-state index contributed by atoms with van der Waals surface area (Å²) in [4.78, 5) is 21.6. The summed E-state index contributed by atoms with van der Waals surface area (Å²) < 4.78 is 1.85. The minimum atomic E-state index is -1.22. The van der Waals surface area contributed by atoms with Crippen molar-refractivity contribution < 1.29 is 19.8 Å². The number of aromatic nitrogens is 2. The van der Waals surface area contributed by atoms with Gasteiger partial charge in [-0.3, -0.25) is 0 Å². The van der Waals surface area contributed by atoms with Gasteiger partial charge in [0.25, 0.3) is 0 Å². The lowest BCUT2D eigenvalue weighted by Gasteiger charge is -1.90. The van der Waals surface area contributed by atoms with Crippen LogP contribution in [0.4, 0.5) is 4.79 Å². The molecule has 0 aliphatic rings. The molecule has 0 aliphatic heterocycles. The monoisotopic (exact) mass is 338 g/mol. The Kier molecular flexibility index (Phi) is 2.38. The highest BCUT2D eigenvalue weighted by Gasteiger charge is 2.18. The van der Waals surface area contributed by atoms with Crippen molar-refractivity contribution >= 4 is 56.2 Å². The molecule has 0 radical (unpaired) electrons. The van der Waals surface area contributed by atoms with Gasteiger partial charge in [0.15, 0.2) is 0 Å². The summed E-state index contributed by atoms with van der Waals surface area (Å²) in [6.07, 6.45) is -1.22. The first kappa shape index (κ1) is 10.4. The summed E-state index contributed by atoms with van der Waals surface area (Å²) in [5, 5.41) is 21.3. The van der Waals surface area contributed by atoms with E-state index in [-0.39, 0.29) is 4.88 Å². The van der Waals surface area contributed by atoms with Gasteiger partial charge in [0.1, 0.15) is 8.58 Å². The van der Waals surface area contributed by atoms with Crippen LogP contribution in [0.25, 0.3) is 10.2 Å². The van der Waals surface area contributed by atoms with Crippen LogP contribution in [0.15, 0.2) is 6.07 Å². The molecule has 2 aromatic heterocycles. The molecule has 78 valence electrons. The van der Waals surface area contributed by atoms with Gasteiger partial charge in [-0.1, -0.05) is 0 Å². The van der Waals surface area contributed by atoms with E-state index < -0.39 is 12.1 Å². The van der Waals surface area contributed by atoms with Crippen LogP contribution in [0, 0.1) is 3.70 Å². The fourth-order valence-corrected chi connectivity index (χ4v) is 2.80. The highest BCUT2D eigenvalue weighted by molar-refractivity contribution is 14.1. The van der Waals surface area contributed by atoms with E-state index in [9.17, 15) is 9.59 Å². The molecule has 0 spiro atoms. The van der Waals surface area contributed by atoms with Crippen LogP contribution < -0.4 is 0 Å². The molecule has 0 amide bonds. The van der Waals surface area contributed by atoms with Gasteiger partial charge in [-0.15, -0.1) is 11.3 Å². The maximum atomic E-state index is 10.8. The highest BCUT2D eigenvalue weighted by atomic mass is 127. The first-order valence-corrected chi connectivity index (χ1v) is 5.55. The van der Waals surface area contributed by atoms with Crippen LogP contribution in [0.5, 0.6) is 0 Å². The lowest BCUT2D eigenvalue weighted by molar-refractivity contribution is 0.0702. The molecule has 8 heteroatoms. The maximum Gasteiger partial charge on any atom is 0.432 e. The molecule has 0 saturated heterocycles. The van der Waals surface area contributed by atoms with Gasteiger partial charge in [-0.25, -0.2) is 9.59 Å². The number of carboxylic acids is 1. The van der Waals surface area contributed by atoms with Crippen molar-refractivity contribution in [2.24, 2.45) is 0 Å². The molecule has 0 bridgehead atoms. The minimum Gasteiger partial charge on any atom is -0.477 e. The number of thiophene rings is 1. The molecule has 2 heterocycles. The highest BCUT2D eigenvalue weighted by Crippen LogP contribution is 2.29. The zero-order chi connectivity index (χ0) is 11.2. The zero-order valence-electron chi connectivity index (χ0n) is 6.97. The molecule has 6 nitrogen and oxygen atoms in total. The topological polar surface area (TPSA) is 92.4 Å². The number of hydrogen-bond acceptors (Lipinski definition) is 4. The molecule has 0 atom stereocenters. The molecule has 2 N–H and O–H groups in total. The Bertz CT molecular complexity index is 573. The van der Waals surface area contributed by atoms with E-state index in [1.54, 1.807) is 0 Å². The Morgan fingerprint density at radius 2 is 2.13 bits per heavy atom. The van der Waals surface area contributed by atoms with Crippen molar-refractivity contribution in [3.05, 3.63) is 14.6 Å². The maximum absolute atomic E-state index is 10.8. The molecule has 0 fully saturated rings. The number of carboxylic acid groups (broad SMARTS) is 2. The smallest absolute Gasteiger partial charge is 0.432 e. The number of halogens is 1. The van der Waals surface area contributed by atoms with Crippen molar-refractivity contribution in [1.82, 2.24) is 9.78 Å². The van der Waals surface area contributed by atoms with Crippen molar-refractivity contribution in [2.75, 3.05) is 0 Å². The number of fused-ring (bicyclic) bond motifs is 1. The number of nitrogens with zero attached hydrogens (tertiary/aromatic N) is 2. The normalized spacial score (nSPS) is 10.7. The average Bonchev–Trinajstić information content (AvgIpc) is 2.66. The van der Waals surface area contributed by atoms with Crippen LogP contribution in [-0.2, 0) is 0 Å². The lowest BCUT2D eigenvalue weighted by Crippen LogP contribution is -2.09. The van der Waals surface area contributed by atoms with Gasteiger partial charge >= 0.3 is 12.1 Å². The second-order valence-corrected chi connectivity index (χ2v) is 4.69. The summed E-state index contributed by atoms with van der Waals surface area (Å²) in [5.41, 5.74) is 0.314. The van der Waals surface area contributed by atoms with Gasteiger partial charge in [-0.2, -0.15) is 9.78 Å². The van der Waals surface area contributed by atoms with Gasteiger partial charge < -0.3 is 10.2 Å². The average molecular weight is 338 g/mol. The first-order chi connectivity index (χ1) is 7.00. The van der Waals surface area contributed by atoms with E-state index in [1.807, 2.05) is 22.6 Å². The second kappa shape index (κ2) is 3.45. The SMILES string of the molecule is O=C(O)c1cc2c(s1)c(I)nn2C(=O)O.